The van der Waals surface area contributed by atoms with Crippen LogP contribution in [0.15, 0.2) is 0 Å². The first-order valence-corrected chi connectivity index (χ1v) is 3.01. The van der Waals surface area contributed by atoms with Gasteiger partial charge in [0.25, 0.3) is 0 Å². The molecule has 56 valence electrons. The average Bonchev–Trinajstić information content (AvgIpc) is 2.40. The van der Waals surface area contributed by atoms with Gasteiger partial charge in [0, 0.05) is 0 Å². The van der Waals surface area contributed by atoms with Crippen LogP contribution in [0.3, 0.4) is 0 Å². The number of hydrogen-bond donors (Lipinski definition) is 2. The molecule has 0 aliphatic heterocycles. The highest BCUT2D eigenvalue weighted by Gasteiger charge is 2.56. The minimum Gasteiger partial charge on any atom is -0.481 e. The predicted molar refractivity (Wildman–Crippen MR) is 31.4 cm³/mol. The van der Waals surface area contributed by atoms with Crippen LogP contribution in [0, 0.1) is 17.8 Å². The monoisotopic (exact) mass is 144 g/mol. The molecule has 1 aliphatic carbocycles. The molecule has 0 amide bonds. The maximum Gasteiger partial charge on any atom is 0.307 e. The third kappa shape index (κ3) is 0.853. The third-order valence-electron chi connectivity index (χ3n) is 1.95. The molecular weight excluding hydrogens is 136 g/mol. The van der Waals surface area contributed by atoms with Gasteiger partial charge < -0.3 is 10.2 Å². The van der Waals surface area contributed by atoms with Crippen LogP contribution < -0.4 is 0 Å². The Kier molecular flexibility index (Phi) is 1.39. The molecule has 4 heteroatoms. The third-order valence-corrected chi connectivity index (χ3v) is 1.95. The molecule has 1 rings (SSSR count). The second-order valence-electron chi connectivity index (χ2n) is 2.59. The van der Waals surface area contributed by atoms with E-state index in [1.165, 1.54) is 0 Å². The first-order valence-electron chi connectivity index (χ1n) is 3.01. The average molecular weight is 144 g/mol. The SMILES string of the molecule is C[C@@H]1[C@@H](C(=O)O)[C@H]1C(=O)O. The van der Waals surface area contributed by atoms with Crippen molar-refractivity contribution in [3.8, 4) is 0 Å². The van der Waals surface area contributed by atoms with Gasteiger partial charge in [0.05, 0.1) is 11.8 Å². The Hall–Kier alpha value is -1.06. The summed E-state index contributed by atoms with van der Waals surface area (Å²) in [6, 6.07) is 0. The second kappa shape index (κ2) is 1.97. The van der Waals surface area contributed by atoms with Crippen LogP contribution in [0.5, 0.6) is 0 Å². The van der Waals surface area contributed by atoms with E-state index >= 15 is 0 Å². The Morgan fingerprint density at radius 2 is 1.40 bits per heavy atom. The van der Waals surface area contributed by atoms with E-state index in [1.807, 2.05) is 0 Å². The molecule has 4 nitrogen and oxygen atoms in total. The summed E-state index contributed by atoms with van der Waals surface area (Å²) in [7, 11) is 0. The minimum absolute atomic E-state index is 0.199. The second-order valence-corrected chi connectivity index (χ2v) is 2.59. The van der Waals surface area contributed by atoms with E-state index in [1.54, 1.807) is 6.92 Å². The standard InChI is InChI=1S/C6H8O4/c1-2-3(5(7)8)4(2)6(9)10/h2-4H,1H3,(H,7,8)(H,9,10)/t2-,3-,4+. The molecule has 0 spiro atoms. The fourth-order valence-electron chi connectivity index (χ4n) is 1.22. The summed E-state index contributed by atoms with van der Waals surface area (Å²) in [4.78, 5) is 20.4. The summed E-state index contributed by atoms with van der Waals surface area (Å²) < 4.78 is 0. The van der Waals surface area contributed by atoms with Crippen molar-refractivity contribution >= 4 is 11.9 Å². The summed E-state index contributed by atoms with van der Waals surface area (Å²) in [5, 5.41) is 16.8. The number of carboxylic acid groups (broad SMARTS) is 2. The van der Waals surface area contributed by atoms with Crippen LogP contribution in [-0.4, -0.2) is 22.2 Å². The van der Waals surface area contributed by atoms with E-state index in [-0.39, 0.29) is 5.92 Å². The van der Waals surface area contributed by atoms with Gasteiger partial charge in [0.2, 0.25) is 0 Å². The van der Waals surface area contributed by atoms with Gasteiger partial charge in [-0.1, -0.05) is 6.92 Å². The van der Waals surface area contributed by atoms with E-state index in [0.29, 0.717) is 0 Å². The molecule has 2 N–H and O–H groups in total. The van der Waals surface area contributed by atoms with Gasteiger partial charge in [-0.2, -0.15) is 0 Å². The fourth-order valence-corrected chi connectivity index (χ4v) is 1.22. The smallest absolute Gasteiger partial charge is 0.307 e. The molecule has 10 heavy (non-hydrogen) atoms. The van der Waals surface area contributed by atoms with Gasteiger partial charge in [-0.3, -0.25) is 9.59 Å². The summed E-state index contributed by atoms with van der Waals surface area (Å²) in [5.41, 5.74) is 0. The highest BCUT2D eigenvalue weighted by molar-refractivity contribution is 5.86. The maximum atomic E-state index is 10.2. The van der Waals surface area contributed by atoms with Crippen LogP contribution in [0.25, 0.3) is 0 Å². The molecule has 1 fully saturated rings. The van der Waals surface area contributed by atoms with Crippen molar-refractivity contribution in [2.24, 2.45) is 17.8 Å². The number of hydrogen-bond acceptors (Lipinski definition) is 2. The minimum atomic E-state index is -1.00. The van der Waals surface area contributed by atoms with Crippen LogP contribution in [0.1, 0.15) is 6.92 Å². The maximum absolute atomic E-state index is 10.2. The van der Waals surface area contributed by atoms with Crippen LogP contribution in [0.4, 0.5) is 0 Å². The zero-order valence-electron chi connectivity index (χ0n) is 5.44. The molecule has 0 radical (unpaired) electrons. The molecular formula is C6H8O4. The molecule has 1 aliphatic rings. The molecule has 0 aromatic heterocycles. The van der Waals surface area contributed by atoms with Gasteiger partial charge in [0.15, 0.2) is 0 Å². The largest absolute Gasteiger partial charge is 0.481 e. The van der Waals surface area contributed by atoms with E-state index in [0.717, 1.165) is 0 Å². The molecule has 0 saturated heterocycles. The Balaban J connectivity index is 2.57. The molecule has 0 aromatic rings. The van der Waals surface area contributed by atoms with Crippen molar-refractivity contribution in [2.75, 3.05) is 0 Å². The van der Waals surface area contributed by atoms with Crippen molar-refractivity contribution in [2.45, 2.75) is 6.92 Å². The topological polar surface area (TPSA) is 74.6 Å². The fraction of sp³-hybridized carbons (Fsp3) is 0.667. The van der Waals surface area contributed by atoms with Gasteiger partial charge in [-0.05, 0) is 5.92 Å². The van der Waals surface area contributed by atoms with Crippen LogP contribution >= 0.6 is 0 Å². The predicted octanol–water partition coefficient (Wildman–Crippen LogP) is 0.0377. The number of carboxylic acids is 2. The first kappa shape index (κ1) is 7.05. The van der Waals surface area contributed by atoms with Crippen molar-refractivity contribution < 1.29 is 19.8 Å². The first-order chi connectivity index (χ1) is 4.55. The summed E-state index contributed by atoms with van der Waals surface area (Å²) in [6.07, 6.45) is 0. The number of rotatable bonds is 2. The van der Waals surface area contributed by atoms with Gasteiger partial charge in [-0.15, -0.1) is 0 Å². The van der Waals surface area contributed by atoms with Crippen LogP contribution in [0.2, 0.25) is 0 Å². The Labute approximate surface area is 57.5 Å². The lowest BCUT2D eigenvalue weighted by Gasteiger charge is -1.84. The van der Waals surface area contributed by atoms with Gasteiger partial charge in [0.1, 0.15) is 0 Å². The molecule has 0 unspecified atom stereocenters. The Bertz CT molecular complexity index is 166. The molecule has 3 atom stereocenters. The van der Waals surface area contributed by atoms with Crippen molar-refractivity contribution in [3.05, 3.63) is 0 Å². The highest BCUT2D eigenvalue weighted by atomic mass is 16.4. The van der Waals surface area contributed by atoms with E-state index in [9.17, 15) is 9.59 Å². The number of carbonyl (C=O) groups is 2. The molecule has 0 aromatic carbocycles. The Morgan fingerprint density at radius 1 is 1.10 bits per heavy atom. The van der Waals surface area contributed by atoms with E-state index in [2.05, 4.69) is 0 Å². The quantitative estimate of drug-likeness (QED) is 0.573. The summed E-state index contributed by atoms with van der Waals surface area (Å²) in [5.74, 6) is -3.51. The molecule has 0 bridgehead atoms. The molecule has 1 saturated carbocycles. The Morgan fingerprint density at radius 3 is 1.50 bits per heavy atom. The number of aliphatic carboxylic acids is 2. The van der Waals surface area contributed by atoms with E-state index < -0.39 is 23.8 Å². The lowest BCUT2D eigenvalue weighted by atomic mass is 10.3. The van der Waals surface area contributed by atoms with Crippen molar-refractivity contribution in [3.63, 3.8) is 0 Å². The van der Waals surface area contributed by atoms with Crippen molar-refractivity contribution in [1.82, 2.24) is 0 Å². The molecule has 0 heterocycles. The zero-order valence-corrected chi connectivity index (χ0v) is 5.44. The highest BCUT2D eigenvalue weighted by Crippen LogP contribution is 2.45. The normalized spacial score (nSPS) is 37.1. The lowest BCUT2D eigenvalue weighted by Crippen LogP contribution is -2.05. The lowest BCUT2D eigenvalue weighted by molar-refractivity contribution is -0.144. The summed E-state index contributed by atoms with van der Waals surface area (Å²) in [6.45, 7) is 1.64. The van der Waals surface area contributed by atoms with Gasteiger partial charge >= 0.3 is 11.9 Å². The van der Waals surface area contributed by atoms with Gasteiger partial charge in [-0.25, -0.2) is 0 Å². The zero-order chi connectivity index (χ0) is 7.89. The summed E-state index contributed by atoms with van der Waals surface area (Å²) >= 11 is 0. The van der Waals surface area contributed by atoms with Crippen molar-refractivity contribution in [1.29, 1.82) is 0 Å². The van der Waals surface area contributed by atoms with E-state index in [4.69, 9.17) is 10.2 Å². The van der Waals surface area contributed by atoms with Crippen LogP contribution in [-0.2, 0) is 9.59 Å².